The third-order valence-electron chi connectivity index (χ3n) is 5.12. The van der Waals surface area contributed by atoms with Crippen molar-refractivity contribution in [2.24, 2.45) is 0 Å². The summed E-state index contributed by atoms with van der Waals surface area (Å²) in [5.74, 6) is 0.256. The van der Waals surface area contributed by atoms with Crippen LogP contribution in [-0.4, -0.2) is 22.6 Å². The molecule has 0 bridgehead atoms. The van der Waals surface area contributed by atoms with Gasteiger partial charge in [-0.05, 0) is 51.3 Å². The van der Waals surface area contributed by atoms with E-state index in [1.54, 1.807) is 0 Å². The van der Waals surface area contributed by atoms with Crippen LogP contribution in [0.25, 0.3) is 11.0 Å². The van der Waals surface area contributed by atoms with E-state index in [0.717, 1.165) is 36.0 Å². The minimum absolute atomic E-state index is 0.256. The number of rotatable bonds is 3. The van der Waals surface area contributed by atoms with Gasteiger partial charge < -0.3 is 9.52 Å². The molecule has 124 valence electrons. The molecular formula is C19H25NO3. The predicted octanol–water partition coefficient (Wildman–Crippen LogP) is 3.88. The highest BCUT2D eigenvalue weighted by molar-refractivity contribution is 5.85. The summed E-state index contributed by atoms with van der Waals surface area (Å²) in [6, 6.07) is 4.09. The van der Waals surface area contributed by atoms with Crippen molar-refractivity contribution >= 4 is 11.0 Å². The molecule has 0 saturated carbocycles. The summed E-state index contributed by atoms with van der Waals surface area (Å²) >= 11 is 0. The molecule has 1 unspecified atom stereocenters. The highest BCUT2D eigenvalue weighted by Gasteiger charge is 2.23. The minimum atomic E-state index is -0.368. The van der Waals surface area contributed by atoms with E-state index < -0.39 is 0 Å². The van der Waals surface area contributed by atoms with Gasteiger partial charge in [-0.1, -0.05) is 13.3 Å². The molecule has 1 aliphatic rings. The van der Waals surface area contributed by atoms with Crippen molar-refractivity contribution in [3.8, 4) is 5.75 Å². The van der Waals surface area contributed by atoms with Crippen molar-refractivity contribution in [1.82, 2.24) is 4.90 Å². The summed E-state index contributed by atoms with van der Waals surface area (Å²) in [4.78, 5) is 14.1. The lowest BCUT2D eigenvalue weighted by Gasteiger charge is -2.35. The molecule has 1 atom stereocenters. The van der Waals surface area contributed by atoms with Crippen LogP contribution in [0, 0.1) is 13.8 Å². The number of aryl methyl sites for hydroxylation is 2. The number of piperidine rings is 1. The first-order valence-corrected chi connectivity index (χ1v) is 8.51. The van der Waals surface area contributed by atoms with Crippen LogP contribution in [0.15, 0.2) is 21.3 Å². The summed E-state index contributed by atoms with van der Waals surface area (Å²) in [6.45, 7) is 7.79. The summed E-state index contributed by atoms with van der Waals surface area (Å²) in [5.41, 5.74) is 2.61. The van der Waals surface area contributed by atoms with Crippen LogP contribution < -0.4 is 5.63 Å². The van der Waals surface area contributed by atoms with Crippen molar-refractivity contribution in [3.63, 3.8) is 0 Å². The van der Waals surface area contributed by atoms with Crippen molar-refractivity contribution < 1.29 is 9.52 Å². The first-order chi connectivity index (χ1) is 11.0. The fourth-order valence-electron chi connectivity index (χ4n) is 3.74. The zero-order valence-electron chi connectivity index (χ0n) is 14.2. The van der Waals surface area contributed by atoms with Gasteiger partial charge in [0.25, 0.3) is 0 Å². The number of nitrogens with zero attached hydrogens (tertiary/aromatic N) is 1. The van der Waals surface area contributed by atoms with Crippen LogP contribution in [0.3, 0.4) is 0 Å². The van der Waals surface area contributed by atoms with Gasteiger partial charge in [0.05, 0.1) is 0 Å². The lowest BCUT2D eigenvalue weighted by atomic mass is 9.97. The predicted molar refractivity (Wildman–Crippen MR) is 92.0 cm³/mol. The third kappa shape index (κ3) is 3.00. The number of hydrogen-bond donors (Lipinski definition) is 1. The number of likely N-dealkylation sites (tertiary alicyclic amines) is 1. The average molecular weight is 315 g/mol. The summed E-state index contributed by atoms with van der Waals surface area (Å²) in [5, 5.41) is 11.5. The zero-order chi connectivity index (χ0) is 16.6. The monoisotopic (exact) mass is 315 g/mol. The van der Waals surface area contributed by atoms with E-state index in [1.165, 1.54) is 25.3 Å². The number of hydrogen-bond acceptors (Lipinski definition) is 4. The fourth-order valence-corrected chi connectivity index (χ4v) is 3.74. The molecule has 4 heteroatoms. The molecule has 1 fully saturated rings. The normalized spacial score (nSPS) is 19.3. The van der Waals surface area contributed by atoms with Gasteiger partial charge in [0.15, 0.2) is 0 Å². The number of benzene rings is 1. The minimum Gasteiger partial charge on any atom is -0.507 e. The molecule has 1 aromatic heterocycles. The number of phenols is 1. The first kappa shape index (κ1) is 16.1. The summed E-state index contributed by atoms with van der Waals surface area (Å²) in [7, 11) is 0. The van der Waals surface area contributed by atoms with Crippen LogP contribution in [0.5, 0.6) is 5.75 Å². The number of aromatic hydroxyl groups is 1. The maximum Gasteiger partial charge on any atom is 0.336 e. The highest BCUT2D eigenvalue weighted by Crippen LogP contribution is 2.33. The molecule has 0 radical (unpaired) electrons. The number of phenolic OH excluding ortho intramolecular Hbond substituents is 1. The van der Waals surface area contributed by atoms with E-state index in [-0.39, 0.29) is 11.4 Å². The second-order valence-corrected chi connectivity index (χ2v) is 6.66. The van der Waals surface area contributed by atoms with Gasteiger partial charge in [0, 0.05) is 35.2 Å². The van der Waals surface area contributed by atoms with Crippen LogP contribution in [0.1, 0.15) is 49.3 Å². The first-order valence-electron chi connectivity index (χ1n) is 8.51. The largest absolute Gasteiger partial charge is 0.507 e. The average Bonchev–Trinajstić information content (AvgIpc) is 2.54. The lowest BCUT2D eigenvalue weighted by molar-refractivity contribution is 0.135. The summed E-state index contributed by atoms with van der Waals surface area (Å²) in [6.07, 6.45) is 4.89. The number of fused-ring (bicyclic) bond motifs is 1. The molecular weight excluding hydrogens is 290 g/mol. The molecule has 0 amide bonds. The van der Waals surface area contributed by atoms with E-state index in [9.17, 15) is 9.90 Å². The van der Waals surface area contributed by atoms with E-state index in [0.29, 0.717) is 17.2 Å². The van der Waals surface area contributed by atoms with E-state index in [4.69, 9.17) is 4.42 Å². The molecule has 23 heavy (non-hydrogen) atoms. The van der Waals surface area contributed by atoms with E-state index in [1.807, 2.05) is 19.9 Å². The molecule has 1 saturated heterocycles. The topological polar surface area (TPSA) is 53.7 Å². The Morgan fingerprint density at radius 2 is 2.09 bits per heavy atom. The van der Waals surface area contributed by atoms with Gasteiger partial charge in [0.1, 0.15) is 11.3 Å². The second-order valence-electron chi connectivity index (χ2n) is 6.66. The SMILES string of the molecule is CCC1CCCCN1Cc1cc2c(C)cc(=O)oc2c(C)c1O. The molecule has 1 aliphatic heterocycles. The Hall–Kier alpha value is -1.81. The highest BCUT2D eigenvalue weighted by atomic mass is 16.4. The van der Waals surface area contributed by atoms with Crippen molar-refractivity contribution in [2.45, 2.75) is 59.0 Å². The Labute approximate surface area is 136 Å². The molecule has 0 spiro atoms. The standard InChI is InChI=1S/C19H25NO3/c1-4-15-7-5-6-8-20(15)11-14-10-16-12(2)9-17(21)23-19(16)13(3)18(14)22/h9-10,15,22H,4-8,11H2,1-3H3. The summed E-state index contributed by atoms with van der Waals surface area (Å²) < 4.78 is 5.31. The van der Waals surface area contributed by atoms with Gasteiger partial charge in [0.2, 0.25) is 0 Å². The Balaban J connectivity index is 2.04. The lowest BCUT2D eigenvalue weighted by Crippen LogP contribution is -2.38. The van der Waals surface area contributed by atoms with Gasteiger partial charge in [-0.25, -0.2) is 4.79 Å². The Morgan fingerprint density at radius 1 is 1.30 bits per heavy atom. The maximum atomic E-state index is 11.6. The van der Waals surface area contributed by atoms with Gasteiger partial charge >= 0.3 is 5.63 Å². The smallest absolute Gasteiger partial charge is 0.336 e. The molecule has 2 heterocycles. The molecule has 1 N–H and O–H groups in total. The maximum absolute atomic E-state index is 11.6. The zero-order valence-corrected chi connectivity index (χ0v) is 14.2. The quantitative estimate of drug-likeness (QED) is 0.873. The molecule has 1 aromatic carbocycles. The van der Waals surface area contributed by atoms with Gasteiger partial charge in [-0.3, -0.25) is 4.90 Å². The molecule has 0 aliphatic carbocycles. The van der Waals surface area contributed by atoms with Crippen molar-refractivity contribution in [1.29, 1.82) is 0 Å². The van der Waals surface area contributed by atoms with E-state index >= 15 is 0 Å². The Kier molecular flexibility index (Phi) is 4.44. The fraction of sp³-hybridized carbons (Fsp3) is 0.526. The van der Waals surface area contributed by atoms with Gasteiger partial charge in [-0.2, -0.15) is 0 Å². The van der Waals surface area contributed by atoms with Crippen LogP contribution in [0.2, 0.25) is 0 Å². The van der Waals surface area contributed by atoms with Crippen LogP contribution in [0.4, 0.5) is 0 Å². The van der Waals surface area contributed by atoms with Gasteiger partial charge in [-0.15, -0.1) is 0 Å². The Morgan fingerprint density at radius 3 is 2.83 bits per heavy atom. The van der Waals surface area contributed by atoms with Crippen LogP contribution >= 0.6 is 0 Å². The molecule has 4 nitrogen and oxygen atoms in total. The second kappa shape index (κ2) is 6.36. The molecule has 2 aromatic rings. The van der Waals surface area contributed by atoms with Crippen molar-refractivity contribution in [2.75, 3.05) is 6.54 Å². The molecule has 3 rings (SSSR count). The van der Waals surface area contributed by atoms with E-state index in [2.05, 4.69) is 11.8 Å². The third-order valence-corrected chi connectivity index (χ3v) is 5.12. The van der Waals surface area contributed by atoms with Crippen LogP contribution in [-0.2, 0) is 6.54 Å². The van der Waals surface area contributed by atoms with Crippen molar-refractivity contribution in [3.05, 3.63) is 39.2 Å². The Bertz CT molecular complexity index is 778.